The van der Waals surface area contributed by atoms with E-state index in [9.17, 15) is 0 Å². The molecule has 0 saturated carbocycles. The molecular formula is C15H26N2. The van der Waals surface area contributed by atoms with Crippen molar-refractivity contribution in [3.8, 4) is 0 Å². The number of benzene rings is 1. The first kappa shape index (κ1) is 14.2. The molecule has 0 aliphatic heterocycles. The number of rotatable bonds is 7. The predicted molar refractivity (Wildman–Crippen MR) is 75.3 cm³/mol. The largest absolute Gasteiger partial charge is 0.315 e. The summed E-state index contributed by atoms with van der Waals surface area (Å²) in [5.74, 6) is 0. The molecule has 1 aromatic carbocycles. The molecule has 2 heteroatoms. The molecule has 1 rings (SSSR count). The van der Waals surface area contributed by atoms with Crippen LogP contribution in [0.4, 0.5) is 0 Å². The van der Waals surface area contributed by atoms with E-state index in [1.54, 1.807) is 0 Å². The second-order valence-electron chi connectivity index (χ2n) is 4.89. The first-order chi connectivity index (χ1) is 8.15. The van der Waals surface area contributed by atoms with Gasteiger partial charge in [0.1, 0.15) is 0 Å². The van der Waals surface area contributed by atoms with E-state index < -0.39 is 0 Å². The summed E-state index contributed by atoms with van der Waals surface area (Å²) in [4.78, 5) is 2.41. The van der Waals surface area contributed by atoms with Crippen molar-refractivity contribution in [3.63, 3.8) is 0 Å². The third-order valence-electron chi connectivity index (χ3n) is 3.30. The topological polar surface area (TPSA) is 15.3 Å². The molecule has 0 spiro atoms. The molecule has 1 aromatic rings. The Kier molecular flexibility index (Phi) is 6.23. The van der Waals surface area contributed by atoms with Crippen LogP contribution in [0.3, 0.4) is 0 Å². The zero-order valence-electron chi connectivity index (χ0n) is 11.7. The Morgan fingerprint density at radius 2 is 2.00 bits per heavy atom. The lowest BCUT2D eigenvalue weighted by atomic mass is 10.1. The van der Waals surface area contributed by atoms with Gasteiger partial charge < -0.3 is 5.32 Å². The average molecular weight is 234 g/mol. The van der Waals surface area contributed by atoms with Crippen LogP contribution in [0, 0.1) is 6.92 Å². The van der Waals surface area contributed by atoms with Gasteiger partial charge in [-0.1, -0.05) is 31.2 Å². The van der Waals surface area contributed by atoms with Crippen LogP contribution in [0.1, 0.15) is 31.4 Å². The standard InChI is InChI=1S/C15H26N2/c1-5-10-16-11-14(3)17(4)12-15-9-7-6-8-13(15)2/h6-9,14,16H,5,10-12H2,1-4H3. The fraction of sp³-hybridized carbons (Fsp3) is 0.600. The molecule has 0 aromatic heterocycles. The van der Waals surface area contributed by atoms with Gasteiger partial charge in [0.15, 0.2) is 0 Å². The highest BCUT2D eigenvalue weighted by molar-refractivity contribution is 5.25. The Balaban J connectivity index is 2.43. The molecule has 17 heavy (non-hydrogen) atoms. The second kappa shape index (κ2) is 7.46. The summed E-state index contributed by atoms with van der Waals surface area (Å²) in [5.41, 5.74) is 2.81. The number of nitrogens with zero attached hydrogens (tertiary/aromatic N) is 1. The molecule has 0 aliphatic carbocycles. The number of likely N-dealkylation sites (N-methyl/N-ethyl adjacent to an activating group) is 1. The Morgan fingerprint density at radius 3 is 2.65 bits per heavy atom. The highest BCUT2D eigenvalue weighted by Crippen LogP contribution is 2.10. The lowest BCUT2D eigenvalue weighted by Gasteiger charge is -2.25. The van der Waals surface area contributed by atoms with Crippen molar-refractivity contribution in [2.75, 3.05) is 20.1 Å². The van der Waals surface area contributed by atoms with E-state index >= 15 is 0 Å². The van der Waals surface area contributed by atoms with Crippen LogP contribution < -0.4 is 5.32 Å². The molecule has 0 bridgehead atoms. The molecule has 1 N–H and O–H groups in total. The van der Waals surface area contributed by atoms with Crippen LogP contribution in [0.5, 0.6) is 0 Å². The summed E-state index contributed by atoms with van der Waals surface area (Å²) in [6.45, 7) is 9.87. The summed E-state index contributed by atoms with van der Waals surface area (Å²) in [5, 5.41) is 3.47. The summed E-state index contributed by atoms with van der Waals surface area (Å²) in [7, 11) is 2.20. The van der Waals surface area contributed by atoms with E-state index in [0.29, 0.717) is 6.04 Å². The van der Waals surface area contributed by atoms with Gasteiger partial charge in [-0.2, -0.15) is 0 Å². The van der Waals surface area contributed by atoms with Crippen LogP contribution in [0.2, 0.25) is 0 Å². The fourth-order valence-electron chi connectivity index (χ4n) is 1.86. The third kappa shape index (κ3) is 4.88. The van der Waals surface area contributed by atoms with Gasteiger partial charge >= 0.3 is 0 Å². The first-order valence-electron chi connectivity index (χ1n) is 6.60. The normalized spacial score (nSPS) is 13.0. The predicted octanol–water partition coefficient (Wildman–Crippen LogP) is 2.81. The van der Waals surface area contributed by atoms with Crippen LogP contribution in [-0.4, -0.2) is 31.1 Å². The molecule has 96 valence electrons. The van der Waals surface area contributed by atoms with E-state index in [1.165, 1.54) is 17.5 Å². The van der Waals surface area contributed by atoms with Crippen LogP contribution in [0.25, 0.3) is 0 Å². The molecule has 2 nitrogen and oxygen atoms in total. The minimum absolute atomic E-state index is 0.571. The molecule has 0 heterocycles. The third-order valence-corrected chi connectivity index (χ3v) is 3.30. The maximum Gasteiger partial charge on any atom is 0.0236 e. The zero-order valence-corrected chi connectivity index (χ0v) is 11.7. The average Bonchev–Trinajstić information content (AvgIpc) is 2.32. The van der Waals surface area contributed by atoms with Gasteiger partial charge in [-0.05, 0) is 45.0 Å². The second-order valence-corrected chi connectivity index (χ2v) is 4.89. The van der Waals surface area contributed by atoms with Gasteiger partial charge in [-0.15, -0.1) is 0 Å². The van der Waals surface area contributed by atoms with Crippen molar-refractivity contribution < 1.29 is 0 Å². The van der Waals surface area contributed by atoms with Crippen molar-refractivity contribution in [2.24, 2.45) is 0 Å². The van der Waals surface area contributed by atoms with Crippen molar-refractivity contribution in [1.82, 2.24) is 10.2 Å². The molecule has 0 radical (unpaired) electrons. The lowest BCUT2D eigenvalue weighted by Crippen LogP contribution is -2.37. The molecule has 0 fully saturated rings. The molecule has 0 aliphatic rings. The van der Waals surface area contributed by atoms with Gasteiger partial charge in [-0.25, -0.2) is 0 Å². The van der Waals surface area contributed by atoms with E-state index in [4.69, 9.17) is 0 Å². The van der Waals surface area contributed by atoms with Gasteiger partial charge in [0.05, 0.1) is 0 Å². The Morgan fingerprint density at radius 1 is 1.29 bits per heavy atom. The van der Waals surface area contributed by atoms with E-state index in [0.717, 1.165) is 19.6 Å². The quantitative estimate of drug-likeness (QED) is 0.730. The smallest absolute Gasteiger partial charge is 0.0236 e. The van der Waals surface area contributed by atoms with Gasteiger partial charge in [0.25, 0.3) is 0 Å². The number of aryl methyl sites for hydroxylation is 1. The Labute approximate surface area is 106 Å². The minimum atomic E-state index is 0.571. The summed E-state index contributed by atoms with van der Waals surface area (Å²) >= 11 is 0. The van der Waals surface area contributed by atoms with Gasteiger partial charge in [0, 0.05) is 19.1 Å². The highest BCUT2D eigenvalue weighted by Gasteiger charge is 2.09. The number of hydrogen-bond donors (Lipinski definition) is 1. The molecule has 0 saturated heterocycles. The van der Waals surface area contributed by atoms with Crippen LogP contribution >= 0.6 is 0 Å². The number of hydrogen-bond acceptors (Lipinski definition) is 2. The van der Waals surface area contributed by atoms with Crippen LogP contribution in [0.15, 0.2) is 24.3 Å². The van der Waals surface area contributed by atoms with Crippen molar-refractivity contribution in [3.05, 3.63) is 35.4 Å². The SMILES string of the molecule is CCCNCC(C)N(C)Cc1ccccc1C. The van der Waals surface area contributed by atoms with Gasteiger partial charge in [0.2, 0.25) is 0 Å². The van der Waals surface area contributed by atoms with Crippen LogP contribution in [-0.2, 0) is 6.54 Å². The Bertz CT molecular complexity index is 322. The molecule has 1 atom stereocenters. The number of nitrogens with one attached hydrogen (secondary N) is 1. The first-order valence-corrected chi connectivity index (χ1v) is 6.60. The van der Waals surface area contributed by atoms with E-state index in [1.807, 2.05) is 0 Å². The molecule has 1 unspecified atom stereocenters. The van der Waals surface area contributed by atoms with E-state index in [2.05, 4.69) is 62.3 Å². The zero-order chi connectivity index (χ0) is 12.7. The summed E-state index contributed by atoms with van der Waals surface area (Å²) in [6.07, 6.45) is 1.20. The maximum atomic E-state index is 3.47. The summed E-state index contributed by atoms with van der Waals surface area (Å²) < 4.78 is 0. The van der Waals surface area contributed by atoms with E-state index in [-0.39, 0.29) is 0 Å². The fourth-order valence-corrected chi connectivity index (χ4v) is 1.86. The summed E-state index contributed by atoms with van der Waals surface area (Å²) in [6, 6.07) is 9.20. The molecule has 0 amide bonds. The maximum absolute atomic E-state index is 3.47. The lowest BCUT2D eigenvalue weighted by molar-refractivity contribution is 0.243. The molecular weight excluding hydrogens is 208 g/mol. The van der Waals surface area contributed by atoms with Gasteiger partial charge in [-0.3, -0.25) is 4.90 Å². The Hall–Kier alpha value is -0.860. The van der Waals surface area contributed by atoms with Crippen molar-refractivity contribution in [2.45, 2.75) is 39.8 Å². The van der Waals surface area contributed by atoms with Crippen molar-refractivity contribution in [1.29, 1.82) is 0 Å². The monoisotopic (exact) mass is 234 g/mol. The van der Waals surface area contributed by atoms with Crippen molar-refractivity contribution >= 4 is 0 Å². The minimum Gasteiger partial charge on any atom is -0.315 e. The highest BCUT2D eigenvalue weighted by atomic mass is 15.1.